The van der Waals surface area contributed by atoms with Gasteiger partial charge in [-0.3, -0.25) is 0 Å². The zero-order valence-electron chi connectivity index (χ0n) is 10.9. The van der Waals surface area contributed by atoms with Crippen molar-refractivity contribution in [1.82, 2.24) is 25.3 Å². The van der Waals surface area contributed by atoms with Crippen molar-refractivity contribution in [2.75, 3.05) is 0 Å². The number of hydrogen-bond donors (Lipinski definition) is 3. The molecule has 0 aliphatic heterocycles. The number of H-pyrrole nitrogens is 1. The molecule has 0 aliphatic rings. The van der Waals surface area contributed by atoms with E-state index >= 15 is 0 Å². The van der Waals surface area contributed by atoms with Crippen LogP contribution in [-0.2, 0) is 22.3 Å². The van der Waals surface area contributed by atoms with E-state index in [9.17, 15) is 8.42 Å². The van der Waals surface area contributed by atoms with Crippen LogP contribution in [0.15, 0.2) is 24.3 Å². The number of tetrazole rings is 1. The molecule has 20 heavy (non-hydrogen) atoms. The van der Waals surface area contributed by atoms with Gasteiger partial charge in [-0.05, 0) is 18.1 Å². The van der Waals surface area contributed by atoms with E-state index in [2.05, 4.69) is 25.3 Å². The number of rotatable bonds is 6. The lowest BCUT2D eigenvalue weighted by atomic mass is 10.1. The third-order valence-electron chi connectivity index (χ3n) is 2.72. The first kappa shape index (κ1) is 14.6. The van der Waals surface area contributed by atoms with Crippen molar-refractivity contribution in [3.8, 4) is 0 Å². The summed E-state index contributed by atoms with van der Waals surface area (Å²) in [6, 6.07) is 6.59. The smallest absolute Gasteiger partial charge is 0.216 e. The van der Waals surface area contributed by atoms with Crippen molar-refractivity contribution < 1.29 is 8.42 Å². The second-order valence-electron chi connectivity index (χ2n) is 4.39. The number of aromatic nitrogens is 4. The average Bonchev–Trinajstić information content (AvgIpc) is 2.92. The molecule has 0 bridgehead atoms. The lowest BCUT2D eigenvalue weighted by molar-refractivity contribution is 0.559. The second kappa shape index (κ2) is 6.07. The molecule has 1 heterocycles. The Morgan fingerprint density at radius 1 is 1.30 bits per heavy atom. The molecule has 0 fully saturated rings. The van der Waals surface area contributed by atoms with Gasteiger partial charge in [0.05, 0.1) is 11.8 Å². The maximum Gasteiger partial charge on any atom is 0.216 e. The van der Waals surface area contributed by atoms with Crippen LogP contribution in [-0.4, -0.2) is 29.0 Å². The molecular formula is C11H16N6O2S. The van der Waals surface area contributed by atoms with Crippen LogP contribution in [0, 0.1) is 0 Å². The summed E-state index contributed by atoms with van der Waals surface area (Å²) in [7, 11) is -3.48. The quantitative estimate of drug-likeness (QED) is 0.679. The van der Waals surface area contributed by atoms with Gasteiger partial charge in [-0.15, -0.1) is 10.2 Å². The molecule has 1 aromatic carbocycles. The first-order chi connectivity index (χ1) is 9.50. The summed E-state index contributed by atoms with van der Waals surface area (Å²) in [6.07, 6.45) is 0. The maximum atomic E-state index is 12.0. The number of nitrogens with zero attached hydrogens (tertiary/aromatic N) is 3. The van der Waals surface area contributed by atoms with E-state index in [1.54, 1.807) is 19.1 Å². The molecule has 1 unspecified atom stereocenters. The van der Waals surface area contributed by atoms with Gasteiger partial charge in [0, 0.05) is 6.54 Å². The Balaban J connectivity index is 2.03. The Labute approximate surface area is 116 Å². The van der Waals surface area contributed by atoms with Gasteiger partial charge in [-0.25, -0.2) is 13.1 Å². The second-order valence-corrected chi connectivity index (χ2v) is 6.14. The molecule has 1 atom stereocenters. The molecule has 9 heteroatoms. The molecule has 2 aromatic rings. The molecule has 4 N–H and O–H groups in total. The SMILES string of the molecule is CC(NS(=O)(=O)Cc1ccc(CN)cc1)c1nn[nH]n1. The van der Waals surface area contributed by atoms with Gasteiger partial charge in [-0.2, -0.15) is 5.21 Å². The average molecular weight is 296 g/mol. The van der Waals surface area contributed by atoms with E-state index in [0.717, 1.165) is 5.56 Å². The highest BCUT2D eigenvalue weighted by Gasteiger charge is 2.19. The molecule has 0 spiro atoms. The highest BCUT2D eigenvalue weighted by Crippen LogP contribution is 2.11. The third-order valence-corrected chi connectivity index (χ3v) is 4.15. The highest BCUT2D eigenvalue weighted by molar-refractivity contribution is 7.88. The number of nitrogens with one attached hydrogen (secondary N) is 2. The fourth-order valence-electron chi connectivity index (χ4n) is 1.71. The number of aromatic amines is 1. The highest BCUT2D eigenvalue weighted by atomic mass is 32.2. The molecule has 2 rings (SSSR count). The van der Waals surface area contributed by atoms with Crippen molar-refractivity contribution in [3.05, 3.63) is 41.2 Å². The lowest BCUT2D eigenvalue weighted by Crippen LogP contribution is -2.28. The van der Waals surface area contributed by atoms with E-state index in [4.69, 9.17) is 5.73 Å². The van der Waals surface area contributed by atoms with Crippen LogP contribution in [0.5, 0.6) is 0 Å². The summed E-state index contributed by atoms with van der Waals surface area (Å²) in [5, 5.41) is 13.2. The first-order valence-electron chi connectivity index (χ1n) is 6.01. The van der Waals surface area contributed by atoms with E-state index in [-0.39, 0.29) is 5.75 Å². The standard InChI is InChI=1S/C11H16N6O2S/c1-8(11-13-16-17-14-11)15-20(18,19)7-10-4-2-9(6-12)3-5-10/h2-5,8,15H,6-7,12H2,1H3,(H,13,14,16,17). The van der Waals surface area contributed by atoms with Gasteiger partial charge in [0.1, 0.15) is 0 Å². The summed E-state index contributed by atoms with van der Waals surface area (Å²) >= 11 is 0. The fraction of sp³-hybridized carbons (Fsp3) is 0.364. The van der Waals surface area contributed by atoms with Crippen LogP contribution in [0.1, 0.15) is 29.9 Å². The molecule has 0 radical (unpaired) electrons. The molecule has 0 saturated carbocycles. The van der Waals surface area contributed by atoms with Crippen LogP contribution in [0.25, 0.3) is 0 Å². The minimum absolute atomic E-state index is 0.111. The number of hydrogen-bond acceptors (Lipinski definition) is 6. The zero-order chi connectivity index (χ0) is 14.6. The van der Waals surface area contributed by atoms with Crippen molar-refractivity contribution in [2.45, 2.75) is 25.3 Å². The summed E-state index contributed by atoms with van der Waals surface area (Å²) in [5.74, 6) is 0.187. The first-order valence-corrected chi connectivity index (χ1v) is 7.66. The van der Waals surface area contributed by atoms with Gasteiger partial charge >= 0.3 is 0 Å². The monoisotopic (exact) mass is 296 g/mol. The Hall–Kier alpha value is -1.84. The van der Waals surface area contributed by atoms with Crippen LogP contribution in [0.3, 0.4) is 0 Å². The summed E-state index contributed by atoms with van der Waals surface area (Å²) in [4.78, 5) is 0. The largest absolute Gasteiger partial charge is 0.326 e. The number of sulfonamides is 1. The van der Waals surface area contributed by atoms with Gasteiger partial charge in [0.25, 0.3) is 0 Å². The summed E-state index contributed by atoms with van der Waals surface area (Å²) in [6.45, 7) is 2.08. The van der Waals surface area contributed by atoms with Gasteiger partial charge in [-0.1, -0.05) is 29.5 Å². The minimum atomic E-state index is -3.48. The van der Waals surface area contributed by atoms with Gasteiger partial charge in [0.2, 0.25) is 10.0 Å². The van der Waals surface area contributed by atoms with Crippen molar-refractivity contribution in [3.63, 3.8) is 0 Å². The molecular weight excluding hydrogens is 280 g/mol. The fourth-order valence-corrected chi connectivity index (χ4v) is 3.07. The Morgan fingerprint density at radius 3 is 2.50 bits per heavy atom. The van der Waals surface area contributed by atoms with Crippen LogP contribution < -0.4 is 10.5 Å². The minimum Gasteiger partial charge on any atom is -0.326 e. The number of benzene rings is 1. The molecule has 108 valence electrons. The molecule has 0 aliphatic carbocycles. The van der Waals surface area contributed by atoms with E-state index in [0.29, 0.717) is 17.9 Å². The van der Waals surface area contributed by atoms with Crippen LogP contribution >= 0.6 is 0 Å². The Bertz CT molecular complexity index is 638. The predicted octanol–water partition coefficient (Wildman–Crippen LogP) is -0.161. The zero-order valence-corrected chi connectivity index (χ0v) is 11.8. The number of nitrogens with two attached hydrogens (primary N) is 1. The molecule has 0 saturated heterocycles. The Morgan fingerprint density at radius 2 is 1.95 bits per heavy atom. The van der Waals surface area contributed by atoms with Crippen LogP contribution in [0.4, 0.5) is 0 Å². The third kappa shape index (κ3) is 3.83. The Kier molecular flexibility index (Phi) is 4.42. The topological polar surface area (TPSA) is 127 Å². The summed E-state index contributed by atoms with van der Waals surface area (Å²) < 4.78 is 26.6. The summed E-state index contributed by atoms with van der Waals surface area (Å²) in [5.41, 5.74) is 7.14. The van der Waals surface area contributed by atoms with E-state index in [1.807, 2.05) is 12.1 Å². The molecule has 0 amide bonds. The normalized spacial score (nSPS) is 13.3. The predicted molar refractivity (Wildman–Crippen MR) is 72.7 cm³/mol. The van der Waals surface area contributed by atoms with Gasteiger partial charge in [0.15, 0.2) is 5.82 Å². The van der Waals surface area contributed by atoms with Gasteiger partial charge < -0.3 is 5.73 Å². The van der Waals surface area contributed by atoms with Crippen molar-refractivity contribution in [2.24, 2.45) is 5.73 Å². The molecule has 8 nitrogen and oxygen atoms in total. The molecule has 1 aromatic heterocycles. The lowest BCUT2D eigenvalue weighted by Gasteiger charge is -2.11. The van der Waals surface area contributed by atoms with E-state index < -0.39 is 16.1 Å². The maximum absolute atomic E-state index is 12.0. The van der Waals surface area contributed by atoms with Crippen molar-refractivity contribution >= 4 is 10.0 Å². The van der Waals surface area contributed by atoms with Crippen LogP contribution in [0.2, 0.25) is 0 Å². The van der Waals surface area contributed by atoms with Crippen molar-refractivity contribution in [1.29, 1.82) is 0 Å². The van der Waals surface area contributed by atoms with E-state index in [1.165, 1.54) is 0 Å².